The number of sulfonamides is 1. The molecule has 1 atom stereocenters. The van der Waals surface area contributed by atoms with Crippen LogP contribution >= 0.6 is 11.3 Å². The average Bonchev–Trinajstić information content (AvgIpc) is 3.28. The maximum atomic E-state index is 13.0. The Morgan fingerprint density at radius 3 is 2.57 bits per heavy atom. The molecule has 0 saturated carbocycles. The third-order valence-corrected chi connectivity index (χ3v) is 9.34. The minimum Gasteiger partial charge on any atom is -0.507 e. The van der Waals surface area contributed by atoms with E-state index in [9.17, 15) is 18.3 Å². The van der Waals surface area contributed by atoms with Gasteiger partial charge < -0.3 is 10.4 Å². The molecule has 3 aromatic carbocycles. The lowest BCUT2D eigenvalue weighted by molar-refractivity contribution is 0.102. The van der Waals surface area contributed by atoms with Crippen molar-refractivity contribution in [2.45, 2.75) is 37.1 Å². The zero-order chi connectivity index (χ0) is 24.6. The Balaban J connectivity index is 1.31. The van der Waals surface area contributed by atoms with Crippen LogP contribution in [0.5, 0.6) is 5.75 Å². The number of phenols is 1. The van der Waals surface area contributed by atoms with Crippen molar-refractivity contribution in [3.8, 4) is 16.3 Å². The number of thiazole rings is 1. The van der Waals surface area contributed by atoms with Crippen molar-refractivity contribution in [2.75, 3.05) is 11.9 Å². The van der Waals surface area contributed by atoms with E-state index in [0.29, 0.717) is 28.4 Å². The van der Waals surface area contributed by atoms with Gasteiger partial charge in [-0.25, -0.2) is 13.4 Å². The number of carbonyl (C=O) groups excluding carboxylic acids is 1. The quantitative estimate of drug-likeness (QED) is 0.372. The average molecular weight is 508 g/mol. The van der Waals surface area contributed by atoms with Crippen LogP contribution < -0.4 is 5.32 Å². The fourth-order valence-electron chi connectivity index (χ4n) is 4.32. The molecule has 180 valence electrons. The zero-order valence-corrected chi connectivity index (χ0v) is 20.8. The molecule has 1 amide bonds. The normalized spacial score (nSPS) is 16.9. The number of benzene rings is 3. The van der Waals surface area contributed by atoms with Gasteiger partial charge in [0.25, 0.3) is 5.91 Å². The molecule has 0 bridgehead atoms. The van der Waals surface area contributed by atoms with Gasteiger partial charge in [0.05, 0.1) is 20.7 Å². The summed E-state index contributed by atoms with van der Waals surface area (Å²) >= 11 is 1.48. The summed E-state index contributed by atoms with van der Waals surface area (Å²) in [5, 5.41) is 14.0. The van der Waals surface area contributed by atoms with E-state index in [1.54, 1.807) is 16.4 Å². The Bertz CT molecular complexity index is 1460. The van der Waals surface area contributed by atoms with Crippen LogP contribution in [0, 0.1) is 0 Å². The summed E-state index contributed by atoms with van der Waals surface area (Å²) in [4.78, 5) is 17.5. The van der Waals surface area contributed by atoms with Crippen molar-refractivity contribution in [1.29, 1.82) is 0 Å². The van der Waals surface area contributed by atoms with E-state index >= 15 is 0 Å². The molecule has 0 unspecified atom stereocenters. The second-order valence-electron chi connectivity index (χ2n) is 8.66. The second kappa shape index (κ2) is 9.41. The van der Waals surface area contributed by atoms with Crippen LogP contribution in [0.15, 0.2) is 71.6 Å². The molecular formula is C26H25N3O4S2. The summed E-state index contributed by atoms with van der Waals surface area (Å²) in [5.74, 6) is -0.383. The predicted molar refractivity (Wildman–Crippen MR) is 138 cm³/mol. The Morgan fingerprint density at radius 2 is 1.86 bits per heavy atom. The summed E-state index contributed by atoms with van der Waals surface area (Å²) in [6, 6.07) is 18.6. The van der Waals surface area contributed by atoms with Crippen molar-refractivity contribution in [2.24, 2.45) is 0 Å². The van der Waals surface area contributed by atoms with Gasteiger partial charge in [0, 0.05) is 29.9 Å². The smallest absolute Gasteiger partial charge is 0.255 e. The number of hydrogen-bond acceptors (Lipinski definition) is 6. The molecule has 0 spiro atoms. The van der Waals surface area contributed by atoms with Gasteiger partial charge in [0.1, 0.15) is 10.8 Å². The van der Waals surface area contributed by atoms with E-state index < -0.39 is 15.9 Å². The topological polar surface area (TPSA) is 99.6 Å². The maximum absolute atomic E-state index is 13.0. The first-order valence-corrected chi connectivity index (χ1v) is 13.7. The third-order valence-electron chi connectivity index (χ3n) is 6.25. The number of carbonyl (C=O) groups is 1. The molecule has 1 fully saturated rings. The van der Waals surface area contributed by atoms with Crippen molar-refractivity contribution in [3.63, 3.8) is 0 Å². The van der Waals surface area contributed by atoms with E-state index in [-0.39, 0.29) is 16.7 Å². The number of fused-ring (bicyclic) bond motifs is 1. The van der Waals surface area contributed by atoms with Crippen LogP contribution in [0.3, 0.4) is 0 Å². The minimum absolute atomic E-state index is 0.0129. The fraction of sp³-hybridized carbons (Fsp3) is 0.231. The first kappa shape index (κ1) is 23.5. The van der Waals surface area contributed by atoms with Crippen LogP contribution in [-0.4, -0.2) is 41.3 Å². The van der Waals surface area contributed by atoms with Crippen molar-refractivity contribution >= 4 is 43.2 Å². The molecule has 2 N–H and O–H groups in total. The van der Waals surface area contributed by atoms with E-state index in [0.717, 1.165) is 29.5 Å². The van der Waals surface area contributed by atoms with Crippen LogP contribution in [0.1, 0.15) is 36.5 Å². The van der Waals surface area contributed by atoms with Crippen molar-refractivity contribution in [1.82, 2.24) is 9.29 Å². The van der Waals surface area contributed by atoms with Gasteiger partial charge >= 0.3 is 0 Å². The Kier molecular flexibility index (Phi) is 6.31. The highest BCUT2D eigenvalue weighted by Gasteiger charge is 2.31. The fourth-order valence-corrected chi connectivity index (χ4v) is 7.02. The molecule has 9 heteroatoms. The number of para-hydroxylation sites is 1. The van der Waals surface area contributed by atoms with Gasteiger partial charge in [0.2, 0.25) is 10.0 Å². The van der Waals surface area contributed by atoms with Crippen LogP contribution in [0.25, 0.3) is 20.8 Å². The molecular weight excluding hydrogens is 482 g/mol. The third kappa shape index (κ3) is 4.67. The monoisotopic (exact) mass is 507 g/mol. The Labute approximate surface area is 208 Å². The molecule has 35 heavy (non-hydrogen) atoms. The van der Waals surface area contributed by atoms with Crippen LogP contribution in [0.2, 0.25) is 0 Å². The molecule has 1 aromatic heterocycles. The first-order valence-electron chi connectivity index (χ1n) is 11.5. The molecule has 1 aliphatic rings. The highest BCUT2D eigenvalue weighted by atomic mass is 32.2. The standard InChI is InChI=1S/C26H25N3O4S2/c1-17-6-4-5-15-29(17)35(32,33)20-12-9-18(10-13-20)25(31)27-19-11-14-21(23(30)16-19)26-28-22-7-2-3-8-24(22)34-26/h2-3,7-14,16-17,30H,4-6,15H2,1H3,(H,27,31)/t17-/m0/s1. The maximum Gasteiger partial charge on any atom is 0.255 e. The highest BCUT2D eigenvalue weighted by Crippen LogP contribution is 2.36. The number of nitrogens with one attached hydrogen (secondary N) is 1. The minimum atomic E-state index is -3.60. The van der Waals surface area contributed by atoms with Gasteiger partial charge in [-0.05, 0) is 68.3 Å². The Hall–Kier alpha value is -3.27. The molecule has 7 nitrogen and oxygen atoms in total. The summed E-state index contributed by atoms with van der Waals surface area (Å²) in [7, 11) is -3.60. The van der Waals surface area contributed by atoms with Crippen LogP contribution in [-0.2, 0) is 10.0 Å². The summed E-state index contributed by atoms with van der Waals surface area (Å²) < 4.78 is 28.6. The zero-order valence-electron chi connectivity index (χ0n) is 19.1. The molecule has 4 aromatic rings. The molecule has 2 heterocycles. The highest BCUT2D eigenvalue weighted by molar-refractivity contribution is 7.89. The summed E-state index contributed by atoms with van der Waals surface area (Å²) in [6.45, 7) is 2.44. The van der Waals surface area contributed by atoms with Gasteiger partial charge in [-0.3, -0.25) is 4.79 Å². The van der Waals surface area contributed by atoms with E-state index in [2.05, 4.69) is 10.3 Å². The lowest BCUT2D eigenvalue weighted by Gasteiger charge is -2.32. The molecule has 0 radical (unpaired) electrons. The SMILES string of the molecule is C[C@H]1CCCCN1S(=O)(=O)c1ccc(C(=O)Nc2ccc(-c3nc4ccccc4s3)c(O)c2)cc1. The van der Waals surface area contributed by atoms with Gasteiger partial charge in [0.15, 0.2) is 0 Å². The number of anilines is 1. The van der Waals surface area contributed by atoms with Crippen LogP contribution in [0.4, 0.5) is 5.69 Å². The second-order valence-corrected chi connectivity index (χ2v) is 11.6. The number of amides is 1. The number of piperidine rings is 1. The predicted octanol–water partition coefficient (Wildman–Crippen LogP) is 5.48. The van der Waals surface area contributed by atoms with Gasteiger partial charge in [-0.1, -0.05) is 18.6 Å². The van der Waals surface area contributed by atoms with E-state index in [4.69, 9.17) is 0 Å². The Morgan fingerprint density at radius 1 is 1.09 bits per heavy atom. The van der Waals surface area contributed by atoms with Gasteiger partial charge in [-0.2, -0.15) is 4.31 Å². The first-order chi connectivity index (χ1) is 16.8. The molecule has 1 saturated heterocycles. The molecule has 1 aliphatic heterocycles. The lowest BCUT2D eigenvalue weighted by atomic mass is 10.1. The van der Waals surface area contributed by atoms with Crippen molar-refractivity contribution < 1.29 is 18.3 Å². The number of nitrogens with zero attached hydrogens (tertiary/aromatic N) is 2. The summed E-state index contributed by atoms with van der Waals surface area (Å²) in [5.41, 5.74) is 2.21. The largest absolute Gasteiger partial charge is 0.507 e. The van der Waals surface area contributed by atoms with E-state index in [1.807, 2.05) is 31.2 Å². The van der Waals surface area contributed by atoms with E-state index in [1.165, 1.54) is 41.7 Å². The number of phenolic OH excluding ortho intramolecular Hbond substituents is 1. The van der Waals surface area contributed by atoms with Gasteiger partial charge in [-0.15, -0.1) is 11.3 Å². The number of hydrogen-bond donors (Lipinski definition) is 2. The number of aromatic hydroxyl groups is 1. The summed E-state index contributed by atoms with van der Waals surface area (Å²) in [6.07, 6.45) is 2.74. The van der Waals surface area contributed by atoms with Crippen molar-refractivity contribution in [3.05, 3.63) is 72.3 Å². The molecule has 5 rings (SSSR count). The molecule has 0 aliphatic carbocycles. The number of aromatic nitrogens is 1. The lowest BCUT2D eigenvalue weighted by Crippen LogP contribution is -2.41. The number of rotatable bonds is 5.